The largest absolute Gasteiger partial charge is 0.135 e. The molecule has 4 heterocycles. The van der Waals surface area contributed by atoms with Crippen molar-refractivity contribution in [3.05, 3.63) is 133 Å². The van der Waals surface area contributed by atoms with Gasteiger partial charge in [-0.05, 0) is 121 Å². The maximum absolute atomic E-state index is 2.41. The zero-order chi connectivity index (χ0) is 29.9. The standard InChI is InChI=1S/C42H22S4/c1-2-6-24-18-39-33(16-23(24)5-1)41-42(45-39)34-17-26-10-12-29(15-31(26)21-40(34)46-41)37-22-32-13-25-9-11-28(14-30(25)20-38(32)44-37)36-19-27-7-3-4-8-35(27)43-36/h1-22H. The number of fused-ring (bicyclic) bond motifs is 10. The van der Waals surface area contributed by atoms with Crippen molar-refractivity contribution < 1.29 is 0 Å². The fourth-order valence-corrected chi connectivity index (χ4v) is 11.9. The van der Waals surface area contributed by atoms with Crippen molar-refractivity contribution in [2.24, 2.45) is 0 Å². The zero-order valence-corrected chi connectivity index (χ0v) is 27.6. The molecule has 0 saturated heterocycles. The Morgan fingerprint density at radius 2 is 0.783 bits per heavy atom. The lowest BCUT2D eigenvalue weighted by atomic mass is 10.0. The second-order valence-corrected chi connectivity index (χ2v) is 16.5. The first-order valence-electron chi connectivity index (χ1n) is 15.4. The average molecular weight is 655 g/mol. The Bertz CT molecular complexity index is 3000. The van der Waals surface area contributed by atoms with Gasteiger partial charge >= 0.3 is 0 Å². The lowest BCUT2D eigenvalue weighted by Gasteiger charge is -2.03. The normalized spacial score (nSPS) is 12.3. The number of hydrogen-bond acceptors (Lipinski definition) is 4. The summed E-state index contributed by atoms with van der Waals surface area (Å²) in [7, 11) is 0. The van der Waals surface area contributed by atoms with Crippen LogP contribution in [0.4, 0.5) is 0 Å². The van der Waals surface area contributed by atoms with Crippen LogP contribution < -0.4 is 0 Å². The fraction of sp³-hybridized carbons (Fsp3) is 0. The van der Waals surface area contributed by atoms with Crippen LogP contribution in [0.3, 0.4) is 0 Å². The fourth-order valence-electron chi connectivity index (χ4n) is 7.04. The van der Waals surface area contributed by atoms with Gasteiger partial charge in [-0.2, -0.15) is 0 Å². The number of rotatable bonds is 2. The van der Waals surface area contributed by atoms with Crippen LogP contribution in [0.2, 0.25) is 0 Å². The molecule has 0 atom stereocenters. The highest BCUT2D eigenvalue weighted by atomic mass is 32.1. The third-order valence-corrected chi connectivity index (χ3v) is 14.2. The Labute approximate surface area is 280 Å². The van der Waals surface area contributed by atoms with Crippen molar-refractivity contribution in [1.29, 1.82) is 0 Å². The third-order valence-electron chi connectivity index (χ3n) is 9.38. The van der Waals surface area contributed by atoms with Crippen LogP contribution in [0.15, 0.2) is 133 Å². The lowest BCUT2D eigenvalue weighted by molar-refractivity contribution is 1.77. The molecule has 0 saturated carbocycles. The van der Waals surface area contributed by atoms with E-state index in [0.717, 1.165) is 0 Å². The molecule has 0 radical (unpaired) electrons. The SMILES string of the molecule is c1ccc2cc3c(cc2c1)sc1c2cc4ccc(-c5cc6cc7ccc(-c8cc9ccccc9s8)cc7cc6s5)cc4cc2sc31. The molecule has 4 aromatic heterocycles. The number of benzene rings is 7. The first kappa shape index (κ1) is 25.6. The quantitative estimate of drug-likeness (QED) is 0.174. The van der Waals surface area contributed by atoms with E-state index in [2.05, 4.69) is 133 Å². The van der Waals surface area contributed by atoms with Crippen LogP contribution >= 0.6 is 45.3 Å². The van der Waals surface area contributed by atoms with Crippen molar-refractivity contribution in [1.82, 2.24) is 0 Å². The third kappa shape index (κ3) is 3.82. The van der Waals surface area contributed by atoms with Gasteiger partial charge in [0.25, 0.3) is 0 Å². The minimum absolute atomic E-state index is 1.29. The first-order valence-corrected chi connectivity index (χ1v) is 18.6. The Hall–Kier alpha value is -4.58. The van der Waals surface area contributed by atoms with Gasteiger partial charge in [0.1, 0.15) is 0 Å². The molecule has 11 rings (SSSR count). The smallest absolute Gasteiger partial charge is 0.0542 e. The van der Waals surface area contributed by atoms with E-state index in [9.17, 15) is 0 Å². The summed E-state index contributed by atoms with van der Waals surface area (Å²) in [5, 5.41) is 13.2. The second kappa shape index (κ2) is 9.47. The highest BCUT2D eigenvalue weighted by molar-refractivity contribution is 7.36. The van der Waals surface area contributed by atoms with Crippen LogP contribution in [-0.4, -0.2) is 0 Å². The van der Waals surface area contributed by atoms with E-state index in [1.54, 1.807) is 0 Å². The van der Waals surface area contributed by atoms with Gasteiger partial charge in [-0.1, -0.05) is 66.7 Å². The van der Waals surface area contributed by atoms with E-state index >= 15 is 0 Å². The van der Waals surface area contributed by atoms with E-state index in [0.29, 0.717) is 0 Å². The molecule has 7 aromatic carbocycles. The molecule has 11 aromatic rings. The highest BCUT2D eigenvalue weighted by Crippen LogP contribution is 2.47. The Morgan fingerprint density at radius 3 is 1.46 bits per heavy atom. The molecule has 214 valence electrons. The summed E-state index contributed by atoms with van der Waals surface area (Å²) in [4.78, 5) is 2.65. The van der Waals surface area contributed by atoms with Gasteiger partial charge in [-0.25, -0.2) is 0 Å². The second-order valence-electron chi connectivity index (χ2n) is 12.2. The molecule has 0 aliphatic carbocycles. The van der Waals surface area contributed by atoms with Crippen molar-refractivity contribution in [3.63, 3.8) is 0 Å². The monoisotopic (exact) mass is 654 g/mol. The van der Waals surface area contributed by atoms with Crippen molar-refractivity contribution in [2.75, 3.05) is 0 Å². The van der Waals surface area contributed by atoms with E-state index in [1.807, 2.05) is 45.3 Å². The van der Waals surface area contributed by atoms with Crippen LogP contribution in [0.5, 0.6) is 0 Å². The highest BCUT2D eigenvalue weighted by Gasteiger charge is 2.15. The van der Waals surface area contributed by atoms with E-state index in [-0.39, 0.29) is 0 Å². The molecule has 0 fully saturated rings. The molecule has 0 N–H and O–H groups in total. The summed E-state index contributed by atoms with van der Waals surface area (Å²) in [6.45, 7) is 0. The summed E-state index contributed by atoms with van der Waals surface area (Å²) in [6.07, 6.45) is 0. The van der Waals surface area contributed by atoms with Crippen LogP contribution in [0.1, 0.15) is 0 Å². The summed E-state index contributed by atoms with van der Waals surface area (Å²) in [6, 6.07) is 50.3. The molecule has 0 aliphatic heterocycles. The molecule has 0 nitrogen and oxygen atoms in total. The van der Waals surface area contributed by atoms with Crippen molar-refractivity contribution in [3.8, 4) is 20.9 Å². The minimum Gasteiger partial charge on any atom is -0.135 e. The molecule has 0 amide bonds. The van der Waals surface area contributed by atoms with Gasteiger partial charge in [0, 0.05) is 39.3 Å². The Kier molecular flexibility index (Phi) is 5.27. The average Bonchev–Trinajstić information content (AvgIpc) is 3.86. The van der Waals surface area contributed by atoms with Crippen LogP contribution in [-0.2, 0) is 0 Å². The van der Waals surface area contributed by atoms with Crippen LogP contribution in [0.25, 0.3) is 103 Å². The molecule has 0 spiro atoms. The molecule has 0 unspecified atom stereocenters. The maximum atomic E-state index is 2.41. The topological polar surface area (TPSA) is 0 Å². The van der Waals surface area contributed by atoms with Gasteiger partial charge in [0.05, 0.1) is 9.40 Å². The van der Waals surface area contributed by atoms with Crippen molar-refractivity contribution >= 4 is 127 Å². The summed E-state index contributed by atoms with van der Waals surface area (Å²) in [5.74, 6) is 0. The van der Waals surface area contributed by atoms with E-state index in [4.69, 9.17) is 0 Å². The van der Waals surface area contributed by atoms with E-state index in [1.165, 1.54) is 103 Å². The predicted octanol–water partition coefficient (Wildman–Crippen LogP) is 14.5. The molecule has 4 heteroatoms. The first-order chi connectivity index (χ1) is 22.7. The van der Waals surface area contributed by atoms with Gasteiger partial charge in [-0.3, -0.25) is 0 Å². The maximum Gasteiger partial charge on any atom is 0.0542 e. The molecule has 0 bridgehead atoms. The Morgan fingerprint density at radius 1 is 0.283 bits per heavy atom. The number of thiophene rings is 4. The lowest BCUT2D eigenvalue weighted by Crippen LogP contribution is -1.76. The van der Waals surface area contributed by atoms with Crippen LogP contribution in [0, 0.1) is 0 Å². The molecule has 0 aliphatic rings. The molecule has 46 heavy (non-hydrogen) atoms. The van der Waals surface area contributed by atoms with Gasteiger partial charge in [0.15, 0.2) is 0 Å². The van der Waals surface area contributed by atoms with Gasteiger partial charge in [0.2, 0.25) is 0 Å². The predicted molar refractivity (Wildman–Crippen MR) is 209 cm³/mol. The minimum atomic E-state index is 1.29. The van der Waals surface area contributed by atoms with Gasteiger partial charge < -0.3 is 0 Å². The van der Waals surface area contributed by atoms with Gasteiger partial charge in [-0.15, -0.1) is 45.3 Å². The Balaban J connectivity index is 1.00. The number of hydrogen-bond donors (Lipinski definition) is 0. The molecular weight excluding hydrogens is 633 g/mol. The summed E-state index contributed by atoms with van der Waals surface area (Å²) >= 11 is 7.65. The molecular formula is C42H22S4. The van der Waals surface area contributed by atoms with E-state index < -0.39 is 0 Å². The summed E-state index contributed by atoms with van der Waals surface area (Å²) in [5.41, 5.74) is 2.58. The summed E-state index contributed by atoms with van der Waals surface area (Å²) < 4.78 is 8.27. The zero-order valence-electron chi connectivity index (χ0n) is 24.3. The van der Waals surface area contributed by atoms with Crippen molar-refractivity contribution in [2.45, 2.75) is 0 Å².